The molecule has 0 bridgehead atoms. The highest BCUT2D eigenvalue weighted by Crippen LogP contribution is 2.05. The smallest absolute Gasteiger partial charge is 0.300 e. The molecule has 1 atom stereocenters. The Kier molecular flexibility index (Phi) is 17.0. The van der Waals surface area contributed by atoms with Gasteiger partial charge in [-0.05, 0) is 12.8 Å². The Morgan fingerprint density at radius 2 is 1.65 bits per heavy atom. The molecule has 4 heteroatoms. The van der Waals surface area contributed by atoms with Crippen LogP contribution in [-0.4, -0.2) is 23.9 Å². The predicted molar refractivity (Wildman–Crippen MR) is 70.9 cm³/mol. The molecule has 1 unspecified atom stereocenters. The summed E-state index contributed by atoms with van der Waals surface area (Å²) in [5, 5.41) is 7.42. The molecule has 0 saturated carbocycles. The van der Waals surface area contributed by atoms with Gasteiger partial charge in [-0.15, -0.1) is 0 Å². The minimum Gasteiger partial charge on any atom is -0.481 e. The van der Waals surface area contributed by atoms with Gasteiger partial charge in [0.05, 0.1) is 0 Å². The van der Waals surface area contributed by atoms with E-state index in [-0.39, 0.29) is 6.23 Å². The summed E-state index contributed by atoms with van der Waals surface area (Å²) < 4.78 is 5.38. The third-order valence-electron chi connectivity index (χ3n) is 2.23. The van der Waals surface area contributed by atoms with E-state index in [0.717, 1.165) is 26.4 Å². The minimum absolute atomic E-state index is 0.0457. The van der Waals surface area contributed by atoms with Crippen molar-refractivity contribution in [1.82, 2.24) is 0 Å². The molecular weight excluding hydrogens is 218 g/mol. The van der Waals surface area contributed by atoms with Crippen molar-refractivity contribution in [1.29, 1.82) is 0 Å². The van der Waals surface area contributed by atoms with Crippen LogP contribution < -0.4 is 5.73 Å². The van der Waals surface area contributed by atoms with Crippen LogP contribution in [0.1, 0.15) is 65.7 Å². The van der Waals surface area contributed by atoms with Gasteiger partial charge in [0, 0.05) is 13.5 Å². The molecule has 0 aliphatic carbocycles. The van der Waals surface area contributed by atoms with Crippen LogP contribution >= 0.6 is 0 Å². The second kappa shape index (κ2) is 15.4. The first kappa shape index (κ1) is 18.7. The summed E-state index contributed by atoms with van der Waals surface area (Å²) in [6.07, 6.45) is 8.72. The molecule has 0 aromatic heterocycles. The fourth-order valence-electron chi connectivity index (χ4n) is 1.23. The lowest BCUT2D eigenvalue weighted by molar-refractivity contribution is -0.134. The third kappa shape index (κ3) is 25.6. The Hall–Kier alpha value is -0.610. The Morgan fingerprint density at radius 1 is 1.18 bits per heavy atom. The van der Waals surface area contributed by atoms with Crippen LogP contribution in [0.5, 0.6) is 0 Å². The monoisotopic (exact) mass is 247 g/mol. The minimum atomic E-state index is -0.833. The highest BCUT2D eigenvalue weighted by molar-refractivity contribution is 5.62. The lowest BCUT2D eigenvalue weighted by Gasteiger charge is -2.09. The fraction of sp³-hybridized carbons (Fsp3) is 0.923. The largest absolute Gasteiger partial charge is 0.481 e. The first-order valence-corrected chi connectivity index (χ1v) is 6.61. The van der Waals surface area contributed by atoms with Gasteiger partial charge in [0.25, 0.3) is 5.97 Å². The molecule has 0 heterocycles. The second-order valence-corrected chi connectivity index (χ2v) is 4.10. The first-order chi connectivity index (χ1) is 8.04. The maximum Gasteiger partial charge on any atom is 0.300 e. The third-order valence-corrected chi connectivity index (χ3v) is 2.23. The molecular formula is C13H29NO3. The molecule has 0 spiro atoms. The number of hydrogen-bond donors (Lipinski definition) is 2. The van der Waals surface area contributed by atoms with E-state index in [0.29, 0.717) is 0 Å². The Balaban J connectivity index is 0. The lowest BCUT2D eigenvalue weighted by Crippen LogP contribution is -2.22. The van der Waals surface area contributed by atoms with Crippen LogP contribution in [0.15, 0.2) is 0 Å². The van der Waals surface area contributed by atoms with Gasteiger partial charge in [0.2, 0.25) is 0 Å². The van der Waals surface area contributed by atoms with Crippen LogP contribution in [-0.2, 0) is 9.53 Å². The predicted octanol–water partition coefficient (Wildman–Crippen LogP) is 3.15. The standard InChI is InChI=1S/C11H25NO.C2H4O2/c1-3-5-6-7-8-9-10-13-11(12)4-2;1-2(3)4/h11H,3-10,12H2,1-2H3;1H3,(H,3,4). The Morgan fingerprint density at radius 3 is 2.12 bits per heavy atom. The summed E-state index contributed by atoms with van der Waals surface area (Å²) in [6.45, 7) is 6.20. The number of ether oxygens (including phenoxy) is 1. The number of unbranched alkanes of at least 4 members (excludes halogenated alkanes) is 5. The van der Waals surface area contributed by atoms with Gasteiger partial charge in [-0.25, -0.2) is 0 Å². The van der Waals surface area contributed by atoms with Crippen molar-refractivity contribution >= 4 is 5.97 Å². The van der Waals surface area contributed by atoms with Gasteiger partial charge < -0.3 is 15.6 Å². The molecule has 17 heavy (non-hydrogen) atoms. The highest BCUT2D eigenvalue weighted by Gasteiger charge is 1.97. The number of carboxylic acid groups (broad SMARTS) is 1. The van der Waals surface area contributed by atoms with Crippen molar-refractivity contribution in [3.05, 3.63) is 0 Å². The van der Waals surface area contributed by atoms with E-state index in [1.807, 2.05) is 6.92 Å². The Bertz CT molecular complexity index is 159. The van der Waals surface area contributed by atoms with Crippen LogP contribution in [0.3, 0.4) is 0 Å². The van der Waals surface area contributed by atoms with Gasteiger partial charge in [-0.1, -0.05) is 46.0 Å². The Labute approximate surface area is 106 Å². The second-order valence-electron chi connectivity index (χ2n) is 4.10. The first-order valence-electron chi connectivity index (χ1n) is 6.61. The maximum absolute atomic E-state index is 9.00. The van der Waals surface area contributed by atoms with E-state index in [1.54, 1.807) is 0 Å². The zero-order valence-corrected chi connectivity index (χ0v) is 11.6. The molecule has 0 fully saturated rings. The zero-order chi connectivity index (χ0) is 13.5. The fourth-order valence-corrected chi connectivity index (χ4v) is 1.23. The average Bonchev–Trinajstić information content (AvgIpc) is 2.26. The SMILES string of the molecule is CC(=O)O.CCCCCCCCOC(N)CC. The van der Waals surface area contributed by atoms with Crippen LogP contribution in [0.25, 0.3) is 0 Å². The molecule has 104 valence electrons. The van der Waals surface area contributed by atoms with Gasteiger partial charge in [0.15, 0.2) is 0 Å². The summed E-state index contributed by atoms with van der Waals surface area (Å²) >= 11 is 0. The topological polar surface area (TPSA) is 72.5 Å². The van der Waals surface area contributed by atoms with Crippen LogP contribution in [0, 0.1) is 0 Å². The molecule has 0 radical (unpaired) electrons. The number of nitrogens with two attached hydrogens (primary N) is 1. The molecule has 0 aromatic carbocycles. The normalized spacial score (nSPS) is 11.5. The van der Waals surface area contributed by atoms with Gasteiger partial charge >= 0.3 is 0 Å². The molecule has 0 rings (SSSR count). The van der Waals surface area contributed by atoms with Gasteiger partial charge in [0.1, 0.15) is 6.23 Å². The van der Waals surface area contributed by atoms with Crippen molar-refractivity contribution in [3.63, 3.8) is 0 Å². The van der Waals surface area contributed by atoms with Crippen LogP contribution in [0.2, 0.25) is 0 Å². The number of rotatable bonds is 9. The van der Waals surface area contributed by atoms with E-state index >= 15 is 0 Å². The van der Waals surface area contributed by atoms with Crippen molar-refractivity contribution < 1.29 is 14.6 Å². The number of hydrogen-bond acceptors (Lipinski definition) is 3. The van der Waals surface area contributed by atoms with Crippen molar-refractivity contribution in [2.45, 2.75) is 71.9 Å². The van der Waals surface area contributed by atoms with E-state index < -0.39 is 5.97 Å². The van der Waals surface area contributed by atoms with Crippen LogP contribution in [0.4, 0.5) is 0 Å². The van der Waals surface area contributed by atoms with Gasteiger partial charge in [-0.2, -0.15) is 0 Å². The van der Waals surface area contributed by atoms with Crippen molar-refractivity contribution in [2.75, 3.05) is 6.61 Å². The summed E-state index contributed by atoms with van der Waals surface area (Å²) in [5.41, 5.74) is 5.61. The average molecular weight is 247 g/mol. The van der Waals surface area contributed by atoms with E-state index in [1.165, 1.54) is 32.1 Å². The molecule has 0 aromatic rings. The maximum atomic E-state index is 9.00. The molecule has 0 aliphatic rings. The summed E-state index contributed by atoms with van der Waals surface area (Å²) in [6, 6.07) is 0. The van der Waals surface area contributed by atoms with E-state index in [2.05, 4.69) is 6.92 Å². The molecule has 0 amide bonds. The number of carboxylic acids is 1. The summed E-state index contributed by atoms with van der Waals surface area (Å²) in [7, 11) is 0. The molecule has 0 aliphatic heterocycles. The van der Waals surface area contributed by atoms with E-state index in [9.17, 15) is 0 Å². The quantitative estimate of drug-likeness (QED) is 0.485. The molecule has 0 saturated heterocycles. The lowest BCUT2D eigenvalue weighted by atomic mass is 10.1. The summed E-state index contributed by atoms with van der Waals surface area (Å²) in [4.78, 5) is 9.00. The molecule has 4 nitrogen and oxygen atoms in total. The van der Waals surface area contributed by atoms with Crippen molar-refractivity contribution in [3.8, 4) is 0 Å². The summed E-state index contributed by atoms with van der Waals surface area (Å²) in [5.74, 6) is -0.833. The highest BCUT2D eigenvalue weighted by atomic mass is 16.5. The molecule has 3 N–H and O–H groups in total. The zero-order valence-electron chi connectivity index (χ0n) is 11.6. The van der Waals surface area contributed by atoms with Crippen molar-refractivity contribution in [2.24, 2.45) is 5.73 Å². The van der Waals surface area contributed by atoms with Gasteiger partial charge in [-0.3, -0.25) is 4.79 Å². The number of aliphatic carboxylic acids is 1. The number of carbonyl (C=O) groups is 1. The van der Waals surface area contributed by atoms with E-state index in [4.69, 9.17) is 20.4 Å².